The van der Waals surface area contributed by atoms with E-state index >= 15 is 0 Å². The van der Waals surface area contributed by atoms with Crippen LogP contribution in [0.25, 0.3) is 10.8 Å². The molecule has 1 saturated heterocycles. The predicted octanol–water partition coefficient (Wildman–Crippen LogP) is 1.92. The summed E-state index contributed by atoms with van der Waals surface area (Å²) in [4.78, 5) is 12.6. The molecule has 0 bridgehead atoms. The third kappa shape index (κ3) is 4.54. The number of hydrogen-bond donors (Lipinski definition) is 2. The summed E-state index contributed by atoms with van der Waals surface area (Å²) in [5, 5.41) is 7.94. The molecule has 2 aromatic carbocycles. The number of halogens is 1. The molecule has 0 spiro atoms. The van der Waals surface area contributed by atoms with Crippen LogP contribution in [0.3, 0.4) is 0 Å². The first-order valence-electron chi connectivity index (χ1n) is 8.73. The van der Waals surface area contributed by atoms with Gasteiger partial charge in [-0.15, -0.1) is 12.4 Å². The lowest BCUT2D eigenvalue weighted by molar-refractivity contribution is -0.124. The Morgan fingerprint density at radius 3 is 2.52 bits per heavy atom. The molecule has 0 unspecified atom stereocenters. The fourth-order valence-corrected chi connectivity index (χ4v) is 4.76. The van der Waals surface area contributed by atoms with Crippen molar-refractivity contribution in [2.24, 2.45) is 0 Å². The van der Waals surface area contributed by atoms with E-state index in [0.29, 0.717) is 25.9 Å². The number of nitrogens with one attached hydrogen (secondary N) is 2. The quantitative estimate of drug-likeness (QED) is 0.708. The lowest BCUT2D eigenvalue weighted by atomic mass is 9.96. The Morgan fingerprint density at radius 1 is 1.15 bits per heavy atom. The lowest BCUT2D eigenvalue weighted by Crippen LogP contribution is -2.57. The minimum atomic E-state index is -3.50. The van der Waals surface area contributed by atoms with Gasteiger partial charge >= 0.3 is 0 Å². The molecule has 6 nitrogen and oxygen atoms in total. The molecule has 27 heavy (non-hydrogen) atoms. The number of rotatable bonds is 6. The van der Waals surface area contributed by atoms with Crippen LogP contribution in [-0.4, -0.2) is 51.6 Å². The van der Waals surface area contributed by atoms with E-state index in [2.05, 4.69) is 10.6 Å². The fourth-order valence-electron chi connectivity index (χ4n) is 3.41. The molecule has 0 radical (unpaired) electrons. The first-order chi connectivity index (χ1) is 12.4. The van der Waals surface area contributed by atoms with Crippen molar-refractivity contribution in [2.75, 3.05) is 32.5 Å². The second-order valence-corrected chi connectivity index (χ2v) is 8.92. The van der Waals surface area contributed by atoms with Gasteiger partial charge in [-0.2, -0.15) is 0 Å². The van der Waals surface area contributed by atoms with Gasteiger partial charge in [0.15, 0.2) is 14.6 Å². The van der Waals surface area contributed by atoms with Gasteiger partial charge < -0.3 is 15.4 Å². The van der Waals surface area contributed by atoms with Crippen LogP contribution >= 0.6 is 12.4 Å². The number of hydrogen-bond acceptors (Lipinski definition) is 5. The molecular weight excluding hydrogens is 388 g/mol. The normalized spacial score (nSPS) is 16.3. The van der Waals surface area contributed by atoms with Crippen LogP contribution in [-0.2, 0) is 14.6 Å². The largest absolute Gasteiger partial charge is 0.491 e. The van der Waals surface area contributed by atoms with Gasteiger partial charge in [0.05, 0.1) is 6.54 Å². The van der Waals surface area contributed by atoms with E-state index in [1.54, 1.807) is 0 Å². The maximum atomic E-state index is 12.6. The van der Waals surface area contributed by atoms with Gasteiger partial charge in [-0.3, -0.25) is 4.79 Å². The highest BCUT2D eigenvalue weighted by Crippen LogP contribution is 2.28. The molecule has 2 aromatic rings. The second kappa shape index (κ2) is 8.91. The van der Waals surface area contributed by atoms with E-state index in [1.807, 2.05) is 42.5 Å². The standard InChI is InChI=1S/C19H24N2O4S.ClH/c1-26(23,24)19(9-11-20-12-10-19)18(22)21-13-14-25-17-8-4-6-15-5-2-3-7-16(15)17;/h2-8,20H,9-14H2,1H3,(H,21,22);1H. The second-order valence-electron chi connectivity index (χ2n) is 6.60. The highest BCUT2D eigenvalue weighted by atomic mass is 35.5. The van der Waals surface area contributed by atoms with E-state index in [-0.39, 0.29) is 25.6 Å². The molecule has 0 saturated carbocycles. The van der Waals surface area contributed by atoms with Crippen LogP contribution in [0.5, 0.6) is 5.75 Å². The summed E-state index contributed by atoms with van der Waals surface area (Å²) in [6, 6.07) is 13.7. The number of carbonyl (C=O) groups excluding carboxylic acids is 1. The predicted molar refractivity (Wildman–Crippen MR) is 109 cm³/mol. The number of ether oxygens (including phenoxy) is 1. The molecule has 2 N–H and O–H groups in total. The van der Waals surface area contributed by atoms with Crippen molar-refractivity contribution < 1.29 is 17.9 Å². The van der Waals surface area contributed by atoms with Crippen molar-refractivity contribution in [3.63, 3.8) is 0 Å². The molecule has 0 atom stereocenters. The third-order valence-corrected chi connectivity index (χ3v) is 6.94. The Hall–Kier alpha value is -1.83. The molecule has 1 aliphatic heterocycles. The summed E-state index contributed by atoms with van der Waals surface area (Å²) in [6.45, 7) is 1.57. The zero-order chi connectivity index (χ0) is 18.6. The van der Waals surface area contributed by atoms with Gasteiger partial charge in [-0.25, -0.2) is 8.42 Å². The number of piperidine rings is 1. The average molecular weight is 413 g/mol. The topological polar surface area (TPSA) is 84.5 Å². The maximum Gasteiger partial charge on any atom is 0.241 e. The van der Waals surface area contributed by atoms with E-state index in [9.17, 15) is 13.2 Å². The van der Waals surface area contributed by atoms with Gasteiger partial charge in [0.1, 0.15) is 12.4 Å². The first kappa shape index (κ1) is 21.5. The number of benzene rings is 2. The molecule has 1 fully saturated rings. The molecule has 148 valence electrons. The smallest absolute Gasteiger partial charge is 0.241 e. The Morgan fingerprint density at radius 2 is 1.81 bits per heavy atom. The van der Waals surface area contributed by atoms with Crippen LogP contribution in [0, 0.1) is 0 Å². The van der Waals surface area contributed by atoms with Crippen molar-refractivity contribution in [2.45, 2.75) is 17.6 Å². The fraction of sp³-hybridized carbons (Fsp3) is 0.421. The Balaban J connectivity index is 0.00000261. The Labute approximate surface area is 166 Å². The van der Waals surface area contributed by atoms with Gasteiger partial charge in [0.2, 0.25) is 5.91 Å². The highest BCUT2D eigenvalue weighted by molar-refractivity contribution is 7.92. The molecular formula is C19H25ClN2O4S. The van der Waals surface area contributed by atoms with Crippen LogP contribution in [0.4, 0.5) is 0 Å². The van der Waals surface area contributed by atoms with Gasteiger partial charge in [-0.1, -0.05) is 36.4 Å². The Kier molecular flexibility index (Phi) is 7.08. The molecule has 0 aliphatic carbocycles. The van der Waals surface area contributed by atoms with Gasteiger partial charge in [0.25, 0.3) is 0 Å². The van der Waals surface area contributed by atoms with E-state index in [1.165, 1.54) is 0 Å². The summed E-state index contributed by atoms with van der Waals surface area (Å²) in [7, 11) is -3.50. The molecule has 0 aromatic heterocycles. The summed E-state index contributed by atoms with van der Waals surface area (Å²) < 4.78 is 28.9. The first-order valence-corrected chi connectivity index (χ1v) is 10.6. The number of sulfone groups is 1. The monoisotopic (exact) mass is 412 g/mol. The zero-order valence-electron chi connectivity index (χ0n) is 15.2. The van der Waals surface area contributed by atoms with Crippen molar-refractivity contribution in [1.82, 2.24) is 10.6 Å². The minimum absolute atomic E-state index is 0. The average Bonchev–Trinajstić information content (AvgIpc) is 2.65. The van der Waals surface area contributed by atoms with Crippen LogP contribution in [0.2, 0.25) is 0 Å². The van der Waals surface area contributed by atoms with Crippen molar-refractivity contribution in [3.8, 4) is 5.75 Å². The molecule has 1 aliphatic rings. The van der Waals surface area contributed by atoms with Crippen LogP contribution < -0.4 is 15.4 Å². The summed E-state index contributed by atoms with van der Waals surface area (Å²) in [6.07, 6.45) is 1.73. The highest BCUT2D eigenvalue weighted by Gasteiger charge is 2.48. The zero-order valence-corrected chi connectivity index (χ0v) is 16.9. The molecule has 1 amide bonds. The molecule has 1 heterocycles. The van der Waals surface area contributed by atoms with Crippen molar-refractivity contribution in [1.29, 1.82) is 0 Å². The van der Waals surface area contributed by atoms with E-state index < -0.39 is 20.5 Å². The van der Waals surface area contributed by atoms with Crippen LogP contribution in [0.1, 0.15) is 12.8 Å². The number of fused-ring (bicyclic) bond motifs is 1. The van der Waals surface area contributed by atoms with Gasteiger partial charge in [0, 0.05) is 11.6 Å². The summed E-state index contributed by atoms with van der Waals surface area (Å²) in [5.74, 6) is 0.320. The summed E-state index contributed by atoms with van der Waals surface area (Å²) in [5.41, 5.74) is 0. The molecule has 8 heteroatoms. The van der Waals surface area contributed by atoms with E-state index in [0.717, 1.165) is 22.8 Å². The Bertz CT molecular complexity index is 890. The van der Waals surface area contributed by atoms with E-state index in [4.69, 9.17) is 4.74 Å². The number of carbonyl (C=O) groups is 1. The maximum absolute atomic E-state index is 12.6. The number of amides is 1. The van der Waals surface area contributed by atoms with Crippen LogP contribution in [0.15, 0.2) is 42.5 Å². The van der Waals surface area contributed by atoms with Gasteiger partial charge in [-0.05, 0) is 37.4 Å². The SMILES string of the molecule is CS(=O)(=O)C1(C(=O)NCCOc2cccc3ccccc23)CCNCC1.Cl. The molecule has 3 rings (SSSR count). The van der Waals surface area contributed by atoms with Crippen molar-refractivity contribution >= 4 is 38.9 Å². The van der Waals surface area contributed by atoms with Crippen molar-refractivity contribution in [3.05, 3.63) is 42.5 Å². The summed E-state index contributed by atoms with van der Waals surface area (Å²) >= 11 is 0. The third-order valence-electron chi connectivity index (χ3n) is 4.93. The minimum Gasteiger partial charge on any atom is -0.491 e. The lowest BCUT2D eigenvalue weighted by Gasteiger charge is -2.34.